The largest absolute Gasteiger partial charge is 0.459 e. The Labute approximate surface area is 177 Å². The van der Waals surface area contributed by atoms with Crippen LogP contribution >= 0.6 is 0 Å². The van der Waals surface area contributed by atoms with E-state index >= 15 is 0 Å². The van der Waals surface area contributed by atoms with Crippen LogP contribution < -0.4 is 0 Å². The topological polar surface area (TPSA) is 72.9 Å². The number of amides is 1. The highest BCUT2D eigenvalue weighted by Crippen LogP contribution is 2.47. The van der Waals surface area contributed by atoms with E-state index in [4.69, 9.17) is 9.47 Å². The number of ketones is 1. The van der Waals surface area contributed by atoms with Crippen LogP contribution in [0.3, 0.4) is 0 Å². The molecular weight excluding hydrogens is 382 g/mol. The van der Waals surface area contributed by atoms with E-state index in [-0.39, 0.29) is 24.3 Å². The number of carbonyl (C=O) groups is 3. The summed E-state index contributed by atoms with van der Waals surface area (Å²) < 4.78 is 11.2. The SMILES string of the molecule is CC(C)(C)OC(=O)N1[C@H](C(=O)OCc2ccccc2)[C@@H]2CC[C@H]1C(CC1CC1)C2=O. The van der Waals surface area contributed by atoms with Crippen LogP contribution in [0, 0.1) is 17.8 Å². The molecule has 2 aliphatic carbocycles. The third-order valence-corrected chi connectivity index (χ3v) is 6.36. The molecule has 2 bridgehead atoms. The molecule has 4 fully saturated rings. The van der Waals surface area contributed by atoms with Gasteiger partial charge in [-0.1, -0.05) is 43.2 Å². The van der Waals surface area contributed by atoms with Gasteiger partial charge in [-0.3, -0.25) is 9.69 Å². The van der Waals surface area contributed by atoms with Crippen LogP contribution in [0.5, 0.6) is 0 Å². The first kappa shape index (κ1) is 20.9. The fourth-order valence-corrected chi connectivity index (χ4v) is 4.85. The van der Waals surface area contributed by atoms with E-state index < -0.39 is 29.6 Å². The fourth-order valence-electron chi connectivity index (χ4n) is 4.85. The number of nitrogens with zero attached hydrogens (tertiary/aromatic N) is 1. The summed E-state index contributed by atoms with van der Waals surface area (Å²) >= 11 is 0. The van der Waals surface area contributed by atoms with E-state index in [9.17, 15) is 14.4 Å². The minimum Gasteiger partial charge on any atom is -0.459 e. The molecule has 4 atom stereocenters. The molecule has 0 spiro atoms. The number of fused-ring (bicyclic) bond motifs is 3. The van der Waals surface area contributed by atoms with Gasteiger partial charge in [0.25, 0.3) is 0 Å². The van der Waals surface area contributed by atoms with Crippen molar-refractivity contribution >= 4 is 17.8 Å². The van der Waals surface area contributed by atoms with E-state index in [0.717, 1.165) is 31.2 Å². The molecular formula is C24H31NO5. The van der Waals surface area contributed by atoms with Crippen molar-refractivity contribution in [2.75, 3.05) is 0 Å². The van der Waals surface area contributed by atoms with Gasteiger partial charge in [-0.15, -0.1) is 0 Å². The maximum atomic E-state index is 13.2. The van der Waals surface area contributed by atoms with Crippen molar-refractivity contribution < 1.29 is 23.9 Å². The monoisotopic (exact) mass is 413 g/mol. The second kappa shape index (κ2) is 8.05. The minimum atomic E-state index is -0.898. The Hall–Kier alpha value is -2.37. The maximum Gasteiger partial charge on any atom is 0.411 e. The predicted octanol–water partition coefficient (Wildman–Crippen LogP) is 4.11. The van der Waals surface area contributed by atoms with E-state index in [1.807, 2.05) is 51.1 Å². The zero-order chi connectivity index (χ0) is 21.5. The number of ether oxygens (including phenoxy) is 2. The standard InChI is InChI=1S/C24H31NO5/c1-24(2,3)30-23(28)25-19-12-11-17(21(26)18(19)13-15-9-10-15)20(25)22(27)29-14-16-7-5-4-6-8-16/h4-8,15,17-20H,9-14H2,1-3H3/t17-,18?,19-,20-/m0/s1. The normalized spacial score (nSPS) is 28.4. The van der Waals surface area contributed by atoms with Crippen molar-refractivity contribution in [2.45, 2.75) is 77.2 Å². The van der Waals surface area contributed by atoms with Crippen molar-refractivity contribution in [2.24, 2.45) is 17.8 Å². The van der Waals surface area contributed by atoms with Gasteiger partial charge in [0, 0.05) is 17.9 Å². The molecule has 2 saturated carbocycles. The summed E-state index contributed by atoms with van der Waals surface area (Å²) in [5.74, 6) is -0.518. The zero-order valence-electron chi connectivity index (χ0n) is 18.0. The molecule has 1 amide bonds. The molecule has 2 saturated heterocycles. The molecule has 0 N–H and O–H groups in total. The Morgan fingerprint density at radius 1 is 1.07 bits per heavy atom. The summed E-state index contributed by atoms with van der Waals surface area (Å²) in [6.07, 6.45) is 3.94. The van der Waals surface area contributed by atoms with Gasteiger partial charge in [0.2, 0.25) is 0 Å². The molecule has 0 aromatic heterocycles. The average molecular weight is 414 g/mol. The molecule has 1 unspecified atom stereocenters. The molecule has 1 aromatic carbocycles. The first-order chi connectivity index (χ1) is 14.2. The summed E-state index contributed by atoms with van der Waals surface area (Å²) in [6, 6.07) is 8.23. The Morgan fingerprint density at radius 2 is 1.77 bits per heavy atom. The molecule has 4 aliphatic rings. The maximum absolute atomic E-state index is 13.2. The van der Waals surface area contributed by atoms with E-state index in [1.54, 1.807) is 4.90 Å². The van der Waals surface area contributed by atoms with E-state index in [0.29, 0.717) is 12.3 Å². The highest BCUT2D eigenvalue weighted by Gasteiger charge is 2.58. The molecule has 2 heterocycles. The van der Waals surface area contributed by atoms with Gasteiger partial charge in [0.15, 0.2) is 0 Å². The lowest BCUT2D eigenvalue weighted by atomic mass is 9.66. The van der Waals surface area contributed by atoms with E-state index in [2.05, 4.69) is 0 Å². The highest BCUT2D eigenvalue weighted by molar-refractivity contribution is 5.95. The number of hydrogen-bond donors (Lipinski definition) is 0. The summed E-state index contributed by atoms with van der Waals surface area (Å²) in [7, 11) is 0. The Bertz CT molecular complexity index is 811. The molecule has 1 aromatic rings. The van der Waals surface area contributed by atoms with Crippen molar-refractivity contribution in [3.63, 3.8) is 0 Å². The number of esters is 1. The molecule has 0 radical (unpaired) electrons. The molecule has 5 rings (SSSR count). The first-order valence-electron chi connectivity index (χ1n) is 11.0. The minimum absolute atomic E-state index is 0.120. The van der Waals surface area contributed by atoms with Crippen LogP contribution in [-0.2, 0) is 25.7 Å². The molecule has 162 valence electrons. The van der Waals surface area contributed by atoms with Crippen LogP contribution in [0.15, 0.2) is 30.3 Å². The first-order valence-corrected chi connectivity index (χ1v) is 11.0. The average Bonchev–Trinajstić information content (AvgIpc) is 3.51. The number of hydrogen-bond acceptors (Lipinski definition) is 5. The van der Waals surface area contributed by atoms with Crippen LogP contribution in [0.25, 0.3) is 0 Å². The zero-order valence-corrected chi connectivity index (χ0v) is 18.0. The number of benzene rings is 1. The molecule has 2 aliphatic heterocycles. The quantitative estimate of drug-likeness (QED) is 0.679. The summed E-state index contributed by atoms with van der Waals surface area (Å²) in [5, 5.41) is 0. The van der Waals surface area contributed by atoms with Crippen molar-refractivity contribution in [1.29, 1.82) is 0 Å². The van der Waals surface area contributed by atoms with Gasteiger partial charge in [-0.05, 0) is 51.5 Å². The van der Waals surface area contributed by atoms with Gasteiger partial charge in [0.05, 0.1) is 0 Å². The number of rotatable bonds is 5. The number of piperidine rings is 2. The second-order valence-electron chi connectivity index (χ2n) is 9.86. The second-order valence-corrected chi connectivity index (χ2v) is 9.86. The third-order valence-electron chi connectivity index (χ3n) is 6.36. The number of Topliss-reactive ketones (excluding diaryl/α,β-unsaturated/α-hetero) is 1. The third kappa shape index (κ3) is 4.37. The highest BCUT2D eigenvalue weighted by atomic mass is 16.6. The van der Waals surface area contributed by atoms with Crippen molar-refractivity contribution in [3.8, 4) is 0 Å². The Balaban J connectivity index is 1.56. The van der Waals surface area contributed by atoms with Gasteiger partial charge in [0.1, 0.15) is 24.0 Å². The lowest BCUT2D eigenvalue weighted by Gasteiger charge is -2.52. The summed E-state index contributed by atoms with van der Waals surface area (Å²) in [5.41, 5.74) is 0.191. The molecule has 6 heteroatoms. The number of carbonyl (C=O) groups excluding carboxylic acids is 3. The lowest BCUT2D eigenvalue weighted by Crippen LogP contribution is -2.67. The van der Waals surface area contributed by atoms with Crippen molar-refractivity contribution in [3.05, 3.63) is 35.9 Å². The predicted molar refractivity (Wildman–Crippen MR) is 110 cm³/mol. The van der Waals surface area contributed by atoms with Crippen LogP contribution in [0.4, 0.5) is 4.79 Å². The molecule has 6 nitrogen and oxygen atoms in total. The van der Waals surface area contributed by atoms with Gasteiger partial charge < -0.3 is 9.47 Å². The Morgan fingerprint density at radius 3 is 2.40 bits per heavy atom. The van der Waals surface area contributed by atoms with Crippen LogP contribution in [-0.4, -0.2) is 40.4 Å². The van der Waals surface area contributed by atoms with Crippen molar-refractivity contribution in [1.82, 2.24) is 4.90 Å². The van der Waals surface area contributed by atoms with Gasteiger partial charge >= 0.3 is 12.1 Å². The smallest absolute Gasteiger partial charge is 0.411 e. The summed E-state index contributed by atoms with van der Waals surface area (Å²) in [6.45, 7) is 5.55. The molecule has 30 heavy (non-hydrogen) atoms. The van der Waals surface area contributed by atoms with Crippen LogP contribution in [0.1, 0.15) is 58.4 Å². The van der Waals surface area contributed by atoms with Gasteiger partial charge in [-0.2, -0.15) is 0 Å². The summed E-state index contributed by atoms with van der Waals surface area (Å²) in [4.78, 5) is 41.0. The van der Waals surface area contributed by atoms with Gasteiger partial charge in [-0.25, -0.2) is 9.59 Å². The Kier molecular flexibility index (Phi) is 5.60. The lowest BCUT2D eigenvalue weighted by molar-refractivity contribution is -0.169. The van der Waals surface area contributed by atoms with E-state index in [1.165, 1.54) is 0 Å². The van der Waals surface area contributed by atoms with Crippen LogP contribution in [0.2, 0.25) is 0 Å². The fraction of sp³-hybridized carbons (Fsp3) is 0.625.